The third-order valence-corrected chi connectivity index (χ3v) is 4.09. The Morgan fingerprint density at radius 2 is 1.61 bits per heavy atom. The van der Waals surface area contributed by atoms with E-state index in [2.05, 4.69) is 5.32 Å². The van der Waals surface area contributed by atoms with Crippen molar-refractivity contribution < 1.29 is 19.0 Å². The van der Waals surface area contributed by atoms with Gasteiger partial charge in [0.2, 0.25) is 11.7 Å². The van der Waals surface area contributed by atoms with E-state index in [4.69, 9.17) is 14.2 Å². The van der Waals surface area contributed by atoms with Crippen LogP contribution in [0.15, 0.2) is 12.1 Å². The van der Waals surface area contributed by atoms with Gasteiger partial charge in [-0.3, -0.25) is 4.79 Å². The lowest BCUT2D eigenvalue weighted by atomic mass is 10.1. The quantitative estimate of drug-likeness (QED) is 0.872. The highest BCUT2D eigenvalue weighted by Crippen LogP contribution is 2.40. The first-order valence-electron chi connectivity index (χ1n) is 7.96. The van der Waals surface area contributed by atoms with Crippen LogP contribution in [0.4, 0.5) is 5.69 Å². The van der Waals surface area contributed by atoms with Crippen LogP contribution in [0.3, 0.4) is 0 Å². The fraction of sp³-hybridized carbons (Fsp3) is 0.588. The van der Waals surface area contributed by atoms with Crippen LogP contribution >= 0.6 is 0 Å². The van der Waals surface area contributed by atoms with E-state index in [9.17, 15) is 4.79 Å². The zero-order valence-corrected chi connectivity index (χ0v) is 14.3. The lowest BCUT2D eigenvalue weighted by Crippen LogP contribution is -2.43. The van der Waals surface area contributed by atoms with E-state index < -0.39 is 0 Å². The van der Waals surface area contributed by atoms with Crippen molar-refractivity contribution in [3.63, 3.8) is 0 Å². The molecule has 1 heterocycles. The second-order valence-corrected chi connectivity index (χ2v) is 5.67. The van der Waals surface area contributed by atoms with Crippen LogP contribution in [-0.2, 0) is 4.79 Å². The van der Waals surface area contributed by atoms with Crippen LogP contribution in [0.1, 0.15) is 26.2 Å². The molecule has 128 valence electrons. The Morgan fingerprint density at radius 3 is 2.09 bits per heavy atom. The number of ether oxygens (including phenoxy) is 3. The summed E-state index contributed by atoms with van der Waals surface area (Å²) in [5.74, 6) is 1.79. The van der Waals surface area contributed by atoms with Crippen LogP contribution < -0.4 is 19.5 Å². The molecular formula is C17H26N2O4. The van der Waals surface area contributed by atoms with Crippen molar-refractivity contribution in [1.82, 2.24) is 4.90 Å². The number of hydrogen-bond acceptors (Lipinski definition) is 5. The number of methoxy groups -OCH3 is 3. The third-order valence-electron chi connectivity index (χ3n) is 4.09. The second kappa shape index (κ2) is 7.94. The van der Waals surface area contributed by atoms with Crippen molar-refractivity contribution in [2.45, 2.75) is 32.2 Å². The number of carbonyl (C=O) groups is 1. The highest BCUT2D eigenvalue weighted by molar-refractivity contribution is 5.84. The molecule has 6 heteroatoms. The molecule has 0 saturated carbocycles. The smallest absolute Gasteiger partial charge is 0.244 e. The minimum Gasteiger partial charge on any atom is -0.493 e. The van der Waals surface area contributed by atoms with Gasteiger partial charge >= 0.3 is 0 Å². The number of anilines is 1. The monoisotopic (exact) mass is 322 g/mol. The third kappa shape index (κ3) is 4.00. The minimum absolute atomic E-state index is 0.124. The molecule has 1 amide bonds. The summed E-state index contributed by atoms with van der Waals surface area (Å²) in [6.07, 6.45) is 3.38. The highest BCUT2D eigenvalue weighted by atomic mass is 16.5. The number of nitrogens with zero attached hydrogens (tertiary/aromatic N) is 1. The van der Waals surface area contributed by atoms with Gasteiger partial charge in [0.05, 0.1) is 21.3 Å². The van der Waals surface area contributed by atoms with Gasteiger partial charge in [-0.2, -0.15) is 0 Å². The average molecular weight is 322 g/mol. The number of nitrogens with one attached hydrogen (secondary N) is 1. The summed E-state index contributed by atoms with van der Waals surface area (Å²) in [7, 11) is 4.71. The molecule has 0 radical (unpaired) electrons. The Balaban J connectivity index is 2.13. The van der Waals surface area contributed by atoms with Crippen LogP contribution in [0.2, 0.25) is 0 Å². The molecule has 0 aromatic heterocycles. The normalized spacial score (nSPS) is 15.7. The Bertz CT molecular complexity index is 516. The first kappa shape index (κ1) is 17.2. The van der Waals surface area contributed by atoms with Gasteiger partial charge in [0.15, 0.2) is 11.5 Å². The molecule has 1 aromatic rings. The number of rotatable bonds is 6. The predicted molar refractivity (Wildman–Crippen MR) is 89.6 cm³/mol. The Kier molecular flexibility index (Phi) is 5.96. The van der Waals surface area contributed by atoms with Crippen molar-refractivity contribution in [2.75, 3.05) is 39.7 Å². The number of carbonyl (C=O) groups excluding carboxylic acids is 1. The first-order valence-corrected chi connectivity index (χ1v) is 7.96. The lowest BCUT2D eigenvalue weighted by Gasteiger charge is -2.30. The summed E-state index contributed by atoms with van der Waals surface area (Å²) >= 11 is 0. The molecular weight excluding hydrogens is 296 g/mol. The topological polar surface area (TPSA) is 60.0 Å². The summed E-state index contributed by atoms with van der Waals surface area (Å²) in [5.41, 5.74) is 0.761. The maximum absolute atomic E-state index is 12.5. The van der Waals surface area contributed by atoms with E-state index in [1.165, 1.54) is 6.42 Å². The Hall–Kier alpha value is -2.11. The van der Waals surface area contributed by atoms with Crippen molar-refractivity contribution in [2.24, 2.45) is 0 Å². The summed E-state index contributed by atoms with van der Waals surface area (Å²) in [4.78, 5) is 14.4. The highest BCUT2D eigenvalue weighted by Gasteiger charge is 2.23. The molecule has 1 atom stereocenters. The fourth-order valence-electron chi connectivity index (χ4n) is 2.86. The molecule has 0 spiro atoms. The molecule has 6 nitrogen and oxygen atoms in total. The SMILES string of the molecule is COc1cc(N[C@H](C)C(=O)N2CCCCC2)cc(OC)c1OC. The van der Waals surface area contributed by atoms with Crippen LogP contribution in [-0.4, -0.2) is 51.3 Å². The van der Waals surface area contributed by atoms with Gasteiger partial charge in [0, 0.05) is 30.9 Å². The number of amides is 1. The van der Waals surface area contributed by atoms with Crippen molar-refractivity contribution in [3.05, 3.63) is 12.1 Å². The van der Waals surface area contributed by atoms with Gasteiger partial charge in [-0.15, -0.1) is 0 Å². The largest absolute Gasteiger partial charge is 0.493 e. The van der Waals surface area contributed by atoms with Crippen LogP contribution in [0, 0.1) is 0 Å². The molecule has 1 saturated heterocycles. The van der Waals surface area contributed by atoms with E-state index in [0.29, 0.717) is 17.2 Å². The Labute approximate surface area is 137 Å². The molecule has 1 aromatic carbocycles. The first-order chi connectivity index (χ1) is 11.1. The van der Waals surface area contributed by atoms with Crippen molar-refractivity contribution >= 4 is 11.6 Å². The Morgan fingerprint density at radius 1 is 1.04 bits per heavy atom. The minimum atomic E-state index is -0.309. The van der Waals surface area contributed by atoms with Crippen molar-refractivity contribution in [3.8, 4) is 17.2 Å². The van der Waals surface area contributed by atoms with E-state index in [1.54, 1.807) is 33.5 Å². The maximum Gasteiger partial charge on any atom is 0.244 e. The molecule has 0 aliphatic carbocycles. The number of likely N-dealkylation sites (tertiary alicyclic amines) is 1. The van der Waals surface area contributed by atoms with Crippen LogP contribution in [0.5, 0.6) is 17.2 Å². The summed E-state index contributed by atoms with van der Waals surface area (Å²) < 4.78 is 16.0. The van der Waals surface area contributed by atoms with Gasteiger partial charge in [0.1, 0.15) is 6.04 Å². The van der Waals surface area contributed by atoms with E-state index >= 15 is 0 Å². The summed E-state index contributed by atoms with van der Waals surface area (Å²) in [6, 6.07) is 3.30. The molecule has 1 aliphatic rings. The summed E-state index contributed by atoms with van der Waals surface area (Å²) in [5, 5.41) is 3.23. The molecule has 23 heavy (non-hydrogen) atoms. The second-order valence-electron chi connectivity index (χ2n) is 5.67. The van der Waals surface area contributed by atoms with E-state index in [-0.39, 0.29) is 11.9 Å². The van der Waals surface area contributed by atoms with E-state index in [0.717, 1.165) is 31.6 Å². The fourth-order valence-corrected chi connectivity index (χ4v) is 2.86. The molecule has 1 N–H and O–H groups in total. The van der Waals surface area contributed by atoms with Gasteiger partial charge in [-0.1, -0.05) is 0 Å². The lowest BCUT2D eigenvalue weighted by molar-refractivity contribution is -0.132. The van der Waals surface area contributed by atoms with Crippen LogP contribution in [0.25, 0.3) is 0 Å². The molecule has 1 fully saturated rings. The average Bonchev–Trinajstić information content (AvgIpc) is 2.60. The van der Waals surface area contributed by atoms with Crippen molar-refractivity contribution in [1.29, 1.82) is 0 Å². The standard InChI is InChI=1S/C17H26N2O4/c1-12(17(20)19-8-6-5-7-9-19)18-13-10-14(21-2)16(23-4)15(11-13)22-3/h10-12,18H,5-9H2,1-4H3/t12-/m1/s1. The van der Waals surface area contributed by atoms with Gasteiger partial charge in [-0.05, 0) is 26.2 Å². The number of benzene rings is 1. The molecule has 0 bridgehead atoms. The molecule has 2 rings (SSSR count). The number of piperidine rings is 1. The molecule has 1 aliphatic heterocycles. The summed E-state index contributed by atoms with van der Waals surface area (Å²) in [6.45, 7) is 3.57. The predicted octanol–water partition coefficient (Wildman–Crippen LogP) is 2.53. The zero-order valence-electron chi connectivity index (χ0n) is 14.3. The van der Waals surface area contributed by atoms with Gasteiger partial charge in [0.25, 0.3) is 0 Å². The number of hydrogen-bond donors (Lipinski definition) is 1. The molecule has 0 unspecified atom stereocenters. The van der Waals surface area contributed by atoms with E-state index in [1.807, 2.05) is 11.8 Å². The zero-order chi connectivity index (χ0) is 16.8. The van der Waals surface area contributed by atoms with Gasteiger partial charge in [-0.25, -0.2) is 0 Å². The maximum atomic E-state index is 12.5. The van der Waals surface area contributed by atoms with Gasteiger partial charge < -0.3 is 24.4 Å².